The van der Waals surface area contributed by atoms with Gasteiger partial charge < -0.3 is 15.5 Å². The van der Waals surface area contributed by atoms with Crippen molar-refractivity contribution in [2.24, 2.45) is 0 Å². The summed E-state index contributed by atoms with van der Waals surface area (Å²) in [6, 6.07) is 0. The average molecular weight is 244 g/mol. The van der Waals surface area contributed by atoms with Crippen molar-refractivity contribution in [2.75, 3.05) is 32.1 Å². The van der Waals surface area contributed by atoms with E-state index in [1.165, 1.54) is 0 Å². The van der Waals surface area contributed by atoms with Gasteiger partial charge in [-0.15, -0.1) is 11.3 Å². The van der Waals surface area contributed by atoms with Gasteiger partial charge in [-0.1, -0.05) is 0 Å². The summed E-state index contributed by atoms with van der Waals surface area (Å²) in [5.74, 6) is 0. The number of aromatic nitrogens is 1. The van der Waals surface area contributed by atoms with Gasteiger partial charge in [0.25, 0.3) is 0 Å². The number of nitrogens with zero attached hydrogens (tertiary/aromatic N) is 2. The van der Waals surface area contributed by atoms with E-state index in [1.54, 1.807) is 11.3 Å². The molecule has 4 nitrogen and oxygen atoms in total. The molecule has 1 aromatic heterocycles. The maximum atomic E-state index is 4.97. The number of hydrogen-bond donors (Lipinski definition) is 2. The van der Waals surface area contributed by atoms with Gasteiger partial charge in [0.2, 0.25) is 0 Å². The second kappa shape index (κ2) is 5.87. The molecule has 0 bridgehead atoms. The molecular formula is C9H16N4S2. The zero-order chi connectivity index (χ0) is 11.3. The number of likely N-dealkylation sites (N-methyl/N-ethyl adjacent to an activating group) is 1. The van der Waals surface area contributed by atoms with Crippen LogP contribution < -0.4 is 15.5 Å². The third kappa shape index (κ3) is 4.01. The predicted molar refractivity (Wildman–Crippen MR) is 69.8 cm³/mol. The van der Waals surface area contributed by atoms with Crippen LogP contribution in [0.3, 0.4) is 0 Å². The van der Waals surface area contributed by atoms with Crippen molar-refractivity contribution >= 4 is 33.8 Å². The Kier molecular flexibility index (Phi) is 4.77. The molecule has 0 atom stereocenters. The standard InChI is InChI=1S/C9H16N4S2/c1-7-6-15-9(12-7)13(3)5-4-11-8(14)10-2/h6H,4-5H2,1-3H3,(H2,10,11,14). The molecule has 0 fully saturated rings. The Morgan fingerprint density at radius 2 is 2.40 bits per heavy atom. The number of hydrogen-bond acceptors (Lipinski definition) is 4. The highest BCUT2D eigenvalue weighted by atomic mass is 32.1. The fraction of sp³-hybridized carbons (Fsp3) is 0.556. The van der Waals surface area contributed by atoms with Crippen LogP contribution in [0.4, 0.5) is 5.13 Å². The molecule has 84 valence electrons. The van der Waals surface area contributed by atoms with Crippen molar-refractivity contribution < 1.29 is 0 Å². The van der Waals surface area contributed by atoms with Crippen molar-refractivity contribution in [1.82, 2.24) is 15.6 Å². The quantitative estimate of drug-likeness (QED) is 0.773. The number of thiocarbonyl (C=S) groups is 1. The smallest absolute Gasteiger partial charge is 0.185 e. The molecule has 0 unspecified atom stereocenters. The van der Waals surface area contributed by atoms with E-state index < -0.39 is 0 Å². The van der Waals surface area contributed by atoms with Crippen LogP contribution in [-0.4, -0.2) is 37.3 Å². The monoisotopic (exact) mass is 244 g/mol. The topological polar surface area (TPSA) is 40.2 Å². The molecule has 0 radical (unpaired) electrons. The van der Waals surface area contributed by atoms with Crippen molar-refractivity contribution in [3.8, 4) is 0 Å². The number of anilines is 1. The van der Waals surface area contributed by atoms with E-state index in [4.69, 9.17) is 12.2 Å². The van der Waals surface area contributed by atoms with Gasteiger partial charge >= 0.3 is 0 Å². The van der Waals surface area contributed by atoms with Crippen molar-refractivity contribution in [3.63, 3.8) is 0 Å². The first-order chi connectivity index (χ1) is 7.13. The number of rotatable bonds is 4. The highest BCUT2D eigenvalue weighted by Gasteiger charge is 2.04. The molecule has 1 heterocycles. The normalized spacial score (nSPS) is 9.80. The van der Waals surface area contributed by atoms with Crippen LogP contribution in [0.1, 0.15) is 5.69 Å². The van der Waals surface area contributed by atoms with Crippen LogP contribution in [0.25, 0.3) is 0 Å². The van der Waals surface area contributed by atoms with E-state index in [1.807, 2.05) is 21.0 Å². The molecule has 1 aromatic rings. The van der Waals surface area contributed by atoms with Gasteiger partial charge in [-0.3, -0.25) is 0 Å². The van der Waals surface area contributed by atoms with Gasteiger partial charge in [0.1, 0.15) is 0 Å². The minimum atomic E-state index is 0.679. The first kappa shape index (κ1) is 12.2. The van der Waals surface area contributed by atoms with Crippen molar-refractivity contribution in [2.45, 2.75) is 6.92 Å². The van der Waals surface area contributed by atoms with E-state index in [0.29, 0.717) is 5.11 Å². The lowest BCUT2D eigenvalue weighted by Crippen LogP contribution is -2.37. The van der Waals surface area contributed by atoms with Crippen LogP contribution in [0, 0.1) is 6.92 Å². The SMILES string of the molecule is CNC(=S)NCCN(C)c1nc(C)cs1. The highest BCUT2D eigenvalue weighted by Crippen LogP contribution is 2.17. The molecule has 0 aliphatic rings. The molecule has 2 N–H and O–H groups in total. The molecule has 1 rings (SSSR count). The summed E-state index contributed by atoms with van der Waals surface area (Å²) in [7, 11) is 3.84. The Balaban J connectivity index is 2.30. The third-order valence-corrected chi connectivity index (χ3v) is 3.31. The number of aryl methyl sites for hydroxylation is 1. The lowest BCUT2D eigenvalue weighted by molar-refractivity contribution is 0.810. The molecule has 15 heavy (non-hydrogen) atoms. The maximum Gasteiger partial charge on any atom is 0.185 e. The van der Waals surface area contributed by atoms with E-state index in [2.05, 4.69) is 25.9 Å². The highest BCUT2D eigenvalue weighted by molar-refractivity contribution is 7.80. The van der Waals surface area contributed by atoms with Gasteiger partial charge in [-0.2, -0.15) is 0 Å². The maximum absolute atomic E-state index is 4.97. The van der Waals surface area contributed by atoms with E-state index in [9.17, 15) is 0 Å². The fourth-order valence-corrected chi connectivity index (χ4v) is 1.94. The lowest BCUT2D eigenvalue weighted by Gasteiger charge is -2.16. The fourth-order valence-electron chi connectivity index (χ4n) is 1.04. The van der Waals surface area contributed by atoms with E-state index in [-0.39, 0.29) is 0 Å². The lowest BCUT2D eigenvalue weighted by atomic mass is 10.5. The molecule has 6 heteroatoms. The van der Waals surface area contributed by atoms with E-state index >= 15 is 0 Å². The Bertz CT molecular complexity index is 324. The molecule has 0 spiro atoms. The summed E-state index contributed by atoms with van der Waals surface area (Å²) in [4.78, 5) is 6.51. The Hall–Kier alpha value is -0.880. The number of thiazole rings is 1. The van der Waals surface area contributed by atoms with Crippen LogP contribution in [0.5, 0.6) is 0 Å². The summed E-state index contributed by atoms with van der Waals surface area (Å²) in [5.41, 5.74) is 1.07. The summed E-state index contributed by atoms with van der Waals surface area (Å²) in [5, 5.41) is 9.75. The van der Waals surface area contributed by atoms with Crippen LogP contribution in [0.2, 0.25) is 0 Å². The largest absolute Gasteiger partial charge is 0.366 e. The number of nitrogens with one attached hydrogen (secondary N) is 2. The van der Waals surface area contributed by atoms with Gasteiger partial charge in [0.05, 0.1) is 5.69 Å². The first-order valence-corrected chi connectivity index (χ1v) is 6.01. The zero-order valence-corrected chi connectivity index (χ0v) is 10.8. The minimum Gasteiger partial charge on any atom is -0.366 e. The Morgan fingerprint density at radius 1 is 1.67 bits per heavy atom. The Labute approximate surface area is 99.7 Å². The third-order valence-electron chi connectivity index (χ3n) is 1.89. The van der Waals surface area contributed by atoms with Gasteiger partial charge in [-0.25, -0.2) is 4.98 Å². The summed E-state index contributed by atoms with van der Waals surface area (Å²) < 4.78 is 0. The van der Waals surface area contributed by atoms with Crippen LogP contribution >= 0.6 is 23.6 Å². The van der Waals surface area contributed by atoms with Crippen LogP contribution in [0.15, 0.2) is 5.38 Å². The van der Waals surface area contributed by atoms with E-state index in [0.717, 1.165) is 23.9 Å². The minimum absolute atomic E-state index is 0.679. The molecule has 0 amide bonds. The first-order valence-electron chi connectivity index (χ1n) is 4.72. The second-order valence-corrected chi connectivity index (χ2v) is 4.44. The summed E-state index contributed by atoms with van der Waals surface area (Å²) >= 11 is 6.64. The predicted octanol–water partition coefficient (Wildman–Crippen LogP) is 0.982. The molecule has 0 aromatic carbocycles. The second-order valence-electron chi connectivity index (χ2n) is 3.20. The van der Waals surface area contributed by atoms with Gasteiger partial charge in [0.15, 0.2) is 10.2 Å². The van der Waals surface area contributed by atoms with Crippen LogP contribution in [-0.2, 0) is 0 Å². The van der Waals surface area contributed by atoms with Crippen molar-refractivity contribution in [1.29, 1.82) is 0 Å². The van der Waals surface area contributed by atoms with Gasteiger partial charge in [-0.05, 0) is 19.1 Å². The molecule has 0 saturated carbocycles. The van der Waals surface area contributed by atoms with Crippen molar-refractivity contribution in [3.05, 3.63) is 11.1 Å². The molecule has 0 saturated heterocycles. The van der Waals surface area contributed by atoms with Gasteiger partial charge in [0, 0.05) is 32.6 Å². The molecule has 0 aliphatic carbocycles. The summed E-state index contributed by atoms with van der Waals surface area (Å²) in [6.07, 6.45) is 0. The summed E-state index contributed by atoms with van der Waals surface area (Å²) in [6.45, 7) is 3.70. The molecule has 0 aliphatic heterocycles. The zero-order valence-electron chi connectivity index (χ0n) is 9.20. The molecular weight excluding hydrogens is 228 g/mol. The Morgan fingerprint density at radius 3 is 2.93 bits per heavy atom. The average Bonchev–Trinajstić information content (AvgIpc) is 2.64.